The number of phenolic OH excluding ortho intramolecular Hbond substituents is 2. The van der Waals surface area contributed by atoms with Gasteiger partial charge in [-0.15, -0.1) is 0 Å². The van der Waals surface area contributed by atoms with Gasteiger partial charge in [-0.1, -0.05) is 0 Å². The van der Waals surface area contributed by atoms with Gasteiger partial charge in [-0.3, -0.25) is 0 Å². The van der Waals surface area contributed by atoms with Crippen molar-refractivity contribution >= 4 is 0 Å². The van der Waals surface area contributed by atoms with E-state index in [2.05, 4.69) is 0 Å². The van der Waals surface area contributed by atoms with Gasteiger partial charge in [0.1, 0.15) is 0 Å². The summed E-state index contributed by atoms with van der Waals surface area (Å²) in [5, 5.41) is 19.3. The van der Waals surface area contributed by atoms with E-state index in [1.165, 1.54) is 12.1 Å². The first-order valence-electron chi connectivity index (χ1n) is 5.29. The highest BCUT2D eigenvalue weighted by Gasteiger charge is 2.12. The van der Waals surface area contributed by atoms with Gasteiger partial charge in [-0.2, -0.15) is 0 Å². The summed E-state index contributed by atoms with van der Waals surface area (Å²) in [6.07, 6.45) is -0.135. The molecule has 4 nitrogen and oxygen atoms in total. The molecule has 0 fully saturated rings. The molecule has 0 aliphatic heterocycles. The Morgan fingerprint density at radius 2 is 1.12 bits per heavy atom. The third-order valence-electron chi connectivity index (χ3n) is 1.77. The Morgan fingerprint density at radius 1 is 0.812 bits per heavy atom. The second-order valence-corrected chi connectivity index (χ2v) is 4.12. The van der Waals surface area contributed by atoms with Gasteiger partial charge in [-0.05, 0) is 27.7 Å². The standard InChI is InChI=1S/C12H18O4/c1-7(2)15-11-5-10(14)12(6-9(11)13)16-8(3)4/h5-8,13-14H,1-4H3. The minimum absolute atomic E-state index is 0.0397. The highest BCUT2D eigenvalue weighted by Crippen LogP contribution is 2.38. The van der Waals surface area contributed by atoms with Crippen LogP contribution >= 0.6 is 0 Å². The molecule has 0 aromatic heterocycles. The average Bonchev–Trinajstić information content (AvgIpc) is 2.11. The molecule has 0 unspecified atom stereocenters. The molecule has 0 saturated carbocycles. The molecule has 0 heterocycles. The summed E-state index contributed by atoms with van der Waals surface area (Å²) in [5.74, 6) is 0.427. The zero-order chi connectivity index (χ0) is 12.3. The maximum absolute atomic E-state index is 9.66. The Labute approximate surface area is 95.4 Å². The zero-order valence-electron chi connectivity index (χ0n) is 10.0. The van der Waals surface area contributed by atoms with Crippen molar-refractivity contribution < 1.29 is 19.7 Å². The molecule has 0 atom stereocenters. The van der Waals surface area contributed by atoms with Gasteiger partial charge < -0.3 is 19.7 Å². The normalized spacial score (nSPS) is 10.9. The maximum Gasteiger partial charge on any atom is 0.165 e. The highest BCUT2D eigenvalue weighted by molar-refractivity contribution is 5.53. The van der Waals surface area contributed by atoms with Crippen molar-refractivity contribution in [3.05, 3.63) is 12.1 Å². The van der Waals surface area contributed by atoms with Gasteiger partial charge in [0.25, 0.3) is 0 Å². The topological polar surface area (TPSA) is 58.9 Å². The minimum Gasteiger partial charge on any atom is -0.504 e. The molecule has 2 N–H and O–H groups in total. The Kier molecular flexibility index (Phi) is 3.88. The van der Waals surface area contributed by atoms with E-state index < -0.39 is 0 Å². The predicted octanol–water partition coefficient (Wildman–Crippen LogP) is 2.67. The molecule has 0 radical (unpaired) electrons. The highest BCUT2D eigenvalue weighted by atomic mass is 16.5. The summed E-state index contributed by atoms with van der Waals surface area (Å²) in [4.78, 5) is 0. The van der Waals surface area contributed by atoms with Crippen LogP contribution in [0.25, 0.3) is 0 Å². The van der Waals surface area contributed by atoms with Crippen LogP contribution in [0.3, 0.4) is 0 Å². The van der Waals surface area contributed by atoms with Crippen LogP contribution < -0.4 is 9.47 Å². The number of benzene rings is 1. The van der Waals surface area contributed by atoms with Gasteiger partial charge in [-0.25, -0.2) is 0 Å². The molecule has 1 aromatic carbocycles. The largest absolute Gasteiger partial charge is 0.504 e. The van der Waals surface area contributed by atoms with E-state index in [1.54, 1.807) is 0 Å². The first-order chi connectivity index (χ1) is 7.40. The molecule has 90 valence electrons. The Bertz CT molecular complexity index is 323. The van der Waals surface area contributed by atoms with Crippen LogP contribution in [0.15, 0.2) is 12.1 Å². The third kappa shape index (κ3) is 3.22. The van der Waals surface area contributed by atoms with Gasteiger partial charge in [0, 0.05) is 12.1 Å². The summed E-state index contributed by atoms with van der Waals surface area (Å²) in [6.45, 7) is 7.37. The molecule has 1 aromatic rings. The molecule has 1 rings (SSSR count). The van der Waals surface area contributed by atoms with Crippen LogP contribution in [0, 0.1) is 0 Å². The number of hydrogen-bond donors (Lipinski definition) is 2. The van der Waals surface area contributed by atoms with E-state index in [-0.39, 0.29) is 35.2 Å². The van der Waals surface area contributed by atoms with Crippen LogP contribution in [0.1, 0.15) is 27.7 Å². The van der Waals surface area contributed by atoms with Crippen molar-refractivity contribution in [1.29, 1.82) is 0 Å². The van der Waals surface area contributed by atoms with Gasteiger partial charge in [0.2, 0.25) is 0 Å². The zero-order valence-corrected chi connectivity index (χ0v) is 10.0. The molecule has 16 heavy (non-hydrogen) atoms. The molecule has 0 spiro atoms. The smallest absolute Gasteiger partial charge is 0.165 e. The number of ether oxygens (including phenoxy) is 2. The first-order valence-corrected chi connectivity index (χ1v) is 5.29. The molecule has 0 saturated heterocycles. The quantitative estimate of drug-likeness (QED) is 0.775. The van der Waals surface area contributed by atoms with Gasteiger partial charge >= 0.3 is 0 Å². The van der Waals surface area contributed by atoms with Crippen LogP contribution in [-0.2, 0) is 0 Å². The van der Waals surface area contributed by atoms with E-state index in [0.29, 0.717) is 0 Å². The lowest BCUT2D eigenvalue weighted by Gasteiger charge is -2.15. The van der Waals surface area contributed by atoms with E-state index in [0.717, 1.165) is 0 Å². The number of phenols is 2. The van der Waals surface area contributed by atoms with E-state index in [9.17, 15) is 10.2 Å². The number of hydrogen-bond acceptors (Lipinski definition) is 4. The third-order valence-corrected chi connectivity index (χ3v) is 1.77. The molecule has 0 amide bonds. The summed E-state index contributed by atoms with van der Waals surface area (Å²) in [5.41, 5.74) is 0. The van der Waals surface area contributed by atoms with Crippen molar-refractivity contribution in [2.24, 2.45) is 0 Å². The lowest BCUT2D eigenvalue weighted by atomic mass is 10.2. The van der Waals surface area contributed by atoms with E-state index in [1.807, 2.05) is 27.7 Å². The van der Waals surface area contributed by atoms with Crippen LogP contribution in [0.4, 0.5) is 0 Å². The first kappa shape index (κ1) is 12.5. The molecule has 0 aliphatic carbocycles. The van der Waals surface area contributed by atoms with E-state index in [4.69, 9.17) is 9.47 Å². The molecular formula is C12H18O4. The summed E-state index contributed by atoms with van der Waals surface area (Å²) in [6, 6.07) is 2.71. The molecule has 0 bridgehead atoms. The fourth-order valence-corrected chi connectivity index (χ4v) is 1.24. The summed E-state index contributed by atoms with van der Waals surface area (Å²) < 4.78 is 10.6. The second-order valence-electron chi connectivity index (χ2n) is 4.12. The second kappa shape index (κ2) is 4.96. The molecule has 0 aliphatic rings. The predicted molar refractivity (Wildman–Crippen MR) is 61.3 cm³/mol. The van der Waals surface area contributed by atoms with Crippen LogP contribution in [0.2, 0.25) is 0 Å². The number of aromatic hydroxyl groups is 2. The maximum atomic E-state index is 9.66. The Balaban J connectivity index is 2.97. The fourth-order valence-electron chi connectivity index (χ4n) is 1.24. The monoisotopic (exact) mass is 226 g/mol. The average molecular weight is 226 g/mol. The van der Waals surface area contributed by atoms with Gasteiger partial charge in [0.05, 0.1) is 12.2 Å². The lowest BCUT2D eigenvalue weighted by molar-refractivity contribution is 0.218. The number of rotatable bonds is 4. The lowest BCUT2D eigenvalue weighted by Crippen LogP contribution is -2.07. The summed E-state index contributed by atoms with van der Waals surface area (Å²) >= 11 is 0. The van der Waals surface area contributed by atoms with Crippen LogP contribution in [-0.4, -0.2) is 22.4 Å². The van der Waals surface area contributed by atoms with Crippen molar-refractivity contribution in [2.45, 2.75) is 39.9 Å². The van der Waals surface area contributed by atoms with Crippen molar-refractivity contribution in [1.82, 2.24) is 0 Å². The van der Waals surface area contributed by atoms with Crippen LogP contribution in [0.5, 0.6) is 23.0 Å². The van der Waals surface area contributed by atoms with E-state index >= 15 is 0 Å². The van der Waals surface area contributed by atoms with Crippen molar-refractivity contribution in [2.75, 3.05) is 0 Å². The van der Waals surface area contributed by atoms with Crippen molar-refractivity contribution in [3.8, 4) is 23.0 Å². The fraction of sp³-hybridized carbons (Fsp3) is 0.500. The van der Waals surface area contributed by atoms with Crippen molar-refractivity contribution in [3.63, 3.8) is 0 Å². The minimum atomic E-state index is -0.0674. The molecule has 4 heteroatoms. The SMILES string of the molecule is CC(C)Oc1cc(O)c(OC(C)C)cc1O. The Morgan fingerprint density at radius 3 is 1.38 bits per heavy atom. The summed E-state index contributed by atoms with van der Waals surface area (Å²) in [7, 11) is 0. The Hall–Kier alpha value is -1.58. The van der Waals surface area contributed by atoms with Gasteiger partial charge in [0.15, 0.2) is 23.0 Å². The molecular weight excluding hydrogens is 208 g/mol.